The monoisotopic (exact) mass is 310 g/mol. The van der Waals surface area contributed by atoms with Crippen molar-refractivity contribution in [2.24, 2.45) is 5.73 Å². The molecule has 0 unspecified atom stereocenters. The van der Waals surface area contributed by atoms with Crippen LogP contribution in [0.25, 0.3) is 0 Å². The molecule has 1 fully saturated rings. The van der Waals surface area contributed by atoms with Gasteiger partial charge in [-0.25, -0.2) is 4.79 Å². The summed E-state index contributed by atoms with van der Waals surface area (Å²) in [5, 5.41) is 0. The predicted octanol–water partition coefficient (Wildman–Crippen LogP) is 2.62. The molecule has 3 rings (SSSR count). The molecular weight excluding hydrogens is 288 g/mol. The maximum atomic E-state index is 11.6. The molecule has 1 heterocycles. The lowest BCUT2D eigenvalue weighted by Crippen LogP contribution is -2.57. The van der Waals surface area contributed by atoms with Gasteiger partial charge in [0, 0.05) is 19.4 Å². The highest BCUT2D eigenvalue weighted by Crippen LogP contribution is 2.27. The van der Waals surface area contributed by atoms with Crippen molar-refractivity contribution in [1.82, 2.24) is 4.90 Å². The van der Waals surface area contributed by atoms with E-state index in [9.17, 15) is 4.79 Å². The fourth-order valence-corrected chi connectivity index (χ4v) is 3.25. The number of hydrogen-bond donors (Lipinski definition) is 1. The second-order valence-electron chi connectivity index (χ2n) is 6.12. The van der Waals surface area contributed by atoms with Gasteiger partial charge in [-0.05, 0) is 11.1 Å². The van der Waals surface area contributed by atoms with Crippen LogP contribution in [0.3, 0.4) is 0 Å². The third-order valence-electron chi connectivity index (χ3n) is 4.30. The van der Waals surface area contributed by atoms with Crippen LogP contribution in [0, 0.1) is 0 Å². The molecule has 4 nitrogen and oxygen atoms in total. The standard InChI is InChI=1S/C19H22N2O2/c20-18(22)21-11-12-23-19(15-21,13-16-7-3-1-4-8-16)14-17-9-5-2-6-10-17/h1-10H,11-15H2,(H2,20,22). The summed E-state index contributed by atoms with van der Waals surface area (Å²) >= 11 is 0. The van der Waals surface area contributed by atoms with Crippen LogP contribution in [0.15, 0.2) is 60.7 Å². The van der Waals surface area contributed by atoms with E-state index in [1.54, 1.807) is 4.90 Å². The molecular formula is C19H22N2O2. The minimum Gasteiger partial charge on any atom is -0.371 e. The van der Waals surface area contributed by atoms with Gasteiger partial charge in [0.25, 0.3) is 0 Å². The van der Waals surface area contributed by atoms with Crippen molar-refractivity contribution < 1.29 is 9.53 Å². The number of urea groups is 1. The highest BCUT2D eigenvalue weighted by Gasteiger charge is 2.38. The van der Waals surface area contributed by atoms with Gasteiger partial charge < -0.3 is 15.4 Å². The first-order chi connectivity index (χ1) is 11.2. The summed E-state index contributed by atoms with van der Waals surface area (Å²) in [6.07, 6.45) is 1.51. The van der Waals surface area contributed by atoms with Gasteiger partial charge in [0.2, 0.25) is 0 Å². The zero-order valence-electron chi connectivity index (χ0n) is 13.2. The maximum absolute atomic E-state index is 11.6. The summed E-state index contributed by atoms with van der Waals surface area (Å²) in [4.78, 5) is 13.3. The normalized spacial score (nSPS) is 17.0. The molecule has 2 N–H and O–H groups in total. The first kappa shape index (κ1) is 15.6. The van der Waals surface area contributed by atoms with Crippen LogP contribution >= 0.6 is 0 Å². The minimum absolute atomic E-state index is 0.376. The minimum atomic E-state index is -0.435. The number of ether oxygens (including phenoxy) is 1. The van der Waals surface area contributed by atoms with Crippen LogP contribution in [0.4, 0.5) is 4.79 Å². The SMILES string of the molecule is NC(=O)N1CCOC(Cc2ccccc2)(Cc2ccccc2)C1. The van der Waals surface area contributed by atoms with E-state index >= 15 is 0 Å². The summed E-state index contributed by atoms with van der Waals surface area (Å²) in [7, 11) is 0. The Morgan fingerprint density at radius 2 is 1.52 bits per heavy atom. The van der Waals surface area contributed by atoms with E-state index in [0.717, 1.165) is 12.8 Å². The first-order valence-corrected chi connectivity index (χ1v) is 7.93. The summed E-state index contributed by atoms with van der Waals surface area (Å²) in [5.41, 5.74) is 7.48. The molecule has 120 valence electrons. The molecule has 23 heavy (non-hydrogen) atoms. The number of morpholine rings is 1. The fraction of sp³-hybridized carbons (Fsp3) is 0.316. The molecule has 0 atom stereocenters. The van der Waals surface area contributed by atoms with Crippen molar-refractivity contribution in [2.45, 2.75) is 18.4 Å². The largest absolute Gasteiger partial charge is 0.371 e. The molecule has 4 heteroatoms. The van der Waals surface area contributed by atoms with Crippen LogP contribution in [0.2, 0.25) is 0 Å². The highest BCUT2D eigenvalue weighted by molar-refractivity contribution is 5.72. The Morgan fingerprint density at radius 1 is 1.00 bits per heavy atom. The molecule has 2 aromatic carbocycles. The molecule has 1 aliphatic heterocycles. The molecule has 1 aliphatic rings. The van der Waals surface area contributed by atoms with Crippen molar-refractivity contribution in [1.29, 1.82) is 0 Å². The van der Waals surface area contributed by atoms with Crippen LogP contribution in [-0.4, -0.2) is 36.2 Å². The molecule has 1 saturated heterocycles. The summed E-state index contributed by atoms with van der Waals surface area (Å²) in [5.74, 6) is 0. The predicted molar refractivity (Wildman–Crippen MR) is 90.1 cm³/mol. The average Bonchev–Trinajstić information content (AvgIpc) is 2.56. The van der Waals surface area contributed by atoms with Gasteiger partial charge in [-0.15, -0.1) is 0 Å². The zero-order chi connectivity index (χ0) is 16.1. The van der Waals surface area contributed by atoms with E-state index in [4.69, 9.17) is 10.5 Å². The lowest BCUT2D eigenvalue weighted by Gasteiger charge is -2.42. The number of nitrogens with zero attached hydrogens (tertiary/aromatic N) is 1. The van der Waals surface area contributed by atoms with Crippen LogP contribution < -0.4 is 5.73 Å². The average molecular weight is 310 g/mol. The van der Waals surface area contributed by atoms with E-state index in [0.29, 0.717) is 19.7 Å². The summed E-state index contributed by atoms with van der Waals surface area (Å²) < 4.78 is 6.20. The van der Waals surface area contributed by atoms with E-state index in [-0.39, 0.29) is 6.03 Å². The molecule has 0 aromatic heterocycles. The number of nitrogens with two attached hydrogens (primary N) is 1. The first-order valence-electron chi connectivity index (χ1n) is 7.93. The number of benzene rings is 2. The fourth-order valence-electron chi connectivity index (χ4n) is 3.25. The third-order valence-corrected chi connectivity index (χ3v) is 4.30. The topological polar surface area (TPSA) is 55.6 Å². The van der Waals surface area contributed by atoms with Crippen LogP contribution in [0.1, 0.15) is 11.1 Å². The molecule has 0 aliphatic carbocycles. The number of rotatable bonds is 4. The van der Waals surface area contributed by atoms with Crippen LogP contribution in [0.5, 0.6) is 0 Å². The lowest BCUT2D eigenvalue weighted by molar-refractivity contribution is -0.0958. The van der Waals surface area contributed by atoms with E-state index in [2.05, 4.69) is 24.3 Å². The zero-order valence-corrected chi connectivity index (χ0v) is 13.2. The van der Waals surface area contributed by atoms with E-state index < -0.39 is 5.60 Å². The quantitative estimate of drug-likeness (QED) is 0.944. The van der Waals surface area contributed by atoms with Crippen molar-refractivity contribution in [3.8, 4) is 0 Å². The number of primary amides is 1. The van der Waals surface area contributed by atoms with Gasteiger partial charge >= 0.3 is 6.03 Å². The summed E-state index contributed by atoms with van der Waals surface area (Å²) in [6.45, 7) is 1.59. The second-order valence-corrected chi connectivity index (χ2v) is 6.12. The van der Waals surface area contributed by atoms with Crippen molar-refractivity contribution in [2.75, 3.05) is 19.7 Å². The van der Waals surface area contributed by atoms with Gasteiger partial charge in [-0.2, -0.15) is 0 Å². The number of hydrogen-bond acceptors (Lipinski definition) is 2. The smallest absolute Gasteiger partial charge is 0.314 e. The Labute approximate surface area is 136 Å². The van der Waals surface area contributed by atoms with Crippen molar-refractivity contribution in [3.05, 3.63) is 71.8 Å². The second kappa shape index (κ2) is 6.84. The van der Waals surface area contributed by atoms with Gasteiger partial charge in [-0.1, -0.05) is 60.7 Å². The van der Waals surface area contributed by atoms with E-state index in [1.165, 1.54) is 11.1 Å². The Morgan fingerprint density at radius 3 is 2.00 bits per heavy atom. The molecule has 0 bridgehead atoms. The molecule has 0 saturated carbocycles. The number of amides is 2. The Kier molecular flexibility index (Phi) is 4.63. The Hall–Kier alpha value is -2.33. The molecule has 2 aromatic rings. The lowest BCUT2D eigenvalue weighted by atomic mass is 9.86. The highest BCUT2D eigenvalue weighted by atomic mass is 16.5. The number of carbonyl (C=O) groups excluding carboxylic acids is 1. The van der Waals surface area contributed by atoms with Gasteiger partial charge in [0.1, 0.15) is 0 Å². The van der Waals surface area contributed by atoms with Crippen LogP contribution in [-0.2, 0) is 17.6 Å². The van der Waals surface area contributed by atoms with E-state index in [1.807, 2.05) is 36.4 Å². The number of carbonyl (C=O) groups is 1. The molecule has 0 spiro atoms. The maximum Gasteiger partial charge on any atom is 0.314 e. The Balaban J connectivity index is 1.87. The molecule has 0 radical (unpaired) electrons. The van der Waals surface area contributed by atoms with Gasteiger partial charge in [0.15, 0.2) is 0 Å². The van der Waals surface area contributed by atoms with Gasteiger partial charge in [-0.3, -0.25) is 0 Å². The van der Waals surface area contributed by atoms with Crippen molar-refractivity contribution in [3.63, 3.8) is 0 Å². The third kappa shape index (κ3) is 3.90. The van der Waals surface area contributed by atoms with Gasteiger partial charge in [0.05, 0.1) is 18.8 Å². The molecule has 2 amide bonds. The Bertz CT molecular complexity index is 601. The van der Waals surface area contributed by atoms with Crippen molar-refractivity contribution >= 4 is 6.03 Å². The summed E-state index contributed by atoms with van der Waals surface area (Å²) in [6, 6.07) is 20.1.